The normalized spacial score (nSPS) is 15.6. The standard InChI is InChI=1S/C11H14N4S/c1-2-15-6-8(5-13-15)9-10(12)16-11(14-9)7-3-4-7/h5-7H,2-4,12H2,1H3. The van der Waals surface area contributed by atoms with Crippen molar-refractivity contribution in [2.75, 3.05) is 5.73 Å². The van der Waals surface area contributed by atoms with E-state index in [9.17, 15) is 0 Å². The summed E-state index contributed by atoms with van der Waals surface area (Å²) in [7, 11) is 0. The molecule has 1 aliphatic carbocycles. The first-order chi connectivity index (χ1) is 7.78. The minimum atomic E-state index is 0.669. The summed E-state index contributed by atoms with van der Waals surface area (Å²) in [4.78, 5) is 4.63. The summed E-state index contributed by atoms with van der Waals surface area (Å²) in [6.45, 7) is 2.94. The lowest BCUT2D eigenvalue weighted by Crippen LogP contribution is -1.92. The molecule has 3 rings (SSSR count). The quantitative estimate of drug-likeness (QED) is 0.887. The van der Waals surface area contributed by atoms with Gasteiger partial charge in [-0.3, -0.25) is 4.68 Å². The second kappa shape index (κ2) is 3.59. The van der Waals surface area contributed by atoms with Crippen LogP contribution in [0.3, 0.4) is 0 Å². The Morgan fingerprint density at radius 2 is 2.38 bits per heavy atom. The van der Waals surface area contributed by atoms with Crippen LogP contribution in [0.5, 0.6) is 0 Å². The van der Waals surface area contributed by atoms with Gasteiger partial charge in [0.25, 0.3) is 0 Å². The van der Waals surface area contributed by atoms with Gasteiger partial charge < -0.3 is 5.73 Å². The lowest BCUT2D eigenvalue weighted by atomic mass is 10.3. The molecule has 2 heterocycles. The first-order valence-electron chi connectivity index (χ1n) is 5.57. The molecule has 0 atom stereocenters. The highest BCUT2D eigenvalue weighted by Crippen LogP contribution is 2.44. The van der Waals surface area contributed by atoms with Gasteiger partial charge in [0.2, 0.25) is 0 Å². The van der Waals surface area contributed by atoms with Crippen molar-refractivity contribution in [1.29, 1.82) is 0 Å². The third-order valence-electron chi connectivity index (χ3n) is 2.83. The number of aromatic nitrogens is 3. The number of anilines is 1. The molecule has 0 aromatic carbocycles. The average Bonchev–Trinajstić information content (AvgIpc) is 2.89. The Labute approximate surface area is 98.1 Å². The summed E-state index contributed by atoms with van der Waals surface area (Å²) in [5, 5.41) is 6.26. The number of nitrogens with two attached hydrogens (primary N) is 1. The van der Waals surface area contributed by atoms with Crippen LogP contribution in [0, 0.1) is 0 Å². The molecule has 2 N–H and O–H groups in total. The van der Waals surface area contributed by atoms with Gasteiger partial charge in [0.05, 0.1) is 11.2 Å². The first kappa shape index (κ1) is 9.84. The van der Waals surface area contributed by atoms with Crippen LogP contribution in [0.4, 0.5) is 5.00 Å². The smallest absolute Gasteiger partial charge is 0.114 e. The third kappa shape index (κ3) is 1.61. The molecule has 5 heteroatoms. The van der Waals surface area contributed by atoms with Crippen LogP contribution < -0.4 is 5.73 Å². The number of hydrogen-bond donors (Lipinski definition) is 1. The van der Waals surface area contributed by atoms with E-state index in [2.05, 4.69) is 17.0 Å². The lowest BCUT2D eigenvalue weighted by molar-refractivity contribution is 0.660. The molecular formula is C11H14N4S. The van der Waals surface area contributed by atoms with Gasteiger partial charge in [0, 0.05) is 24.2 Å². The van der Waals surface area contributed by atoms with Crippen LogP contribution in [0.1, 0.15) is 30.7 Å². The van der Waals surface area contributed by atoms with E-state index in [1.54, 1.807) is 11.3 Å². The van der Waals surface area contributed by atoms with E-state index in [1.807, 2.05) is 17.1 Å². The number of nitrogen functional groups attached to an aromatic ring is 1. The summed E-state index contributed by atoms with van der Waals surface area (Å²) in [5.74, 6) is 0.669. The van der Waals surface area contributed by atoms with Crippen molar-refractivity contribution in [2.45, 2.75) is 32.2 Å². The van der Waals surface area contributed by atoms with Gasteiger partial charge in [-0.1, -0.05) is 0 Å². The summed E-state index contributed by atoms with van der Waals surface area (Å²) in [6.07, 6.45) is 6.37. The fraction of sp³-hybridized carbons (Fsp3) is 0.455. The van der Waals surface area contributed by atoms with Crippen LogP contribution in [0.25, 0.3) is 11.3 Å². The summed E-state index contributed by atoms with van der Waals surface area (Å²) < 4.78 is 1.89. The molecular weight excluding hydrogens is 220 g/mol. The molecule has 1 saturated carbocycles. The van der Waals surface area contributed by atoms with Gasteiger partial charge in [-0.2, -0.15) is 5.10 Å². The average molecular weight is 234 g/mol. The number of thiazole rings is 1. The van der Waals surface area contributed by atoms with Gasteiger partial charge in [-0.25, -0.2) is 4.98 Å². The summed E-state index contributed by atoms with van der Waals surface area (Å²) >= 11 is 1.63. The molecule has 0 radical (unpaired) electrons. The molecule has 4 nitrogen and oxygen atoms in total. The molecule has 1 aliphatic rings. The molecule has 0 bridgehead atoms. The molecule has 1 fully saturated rings. The molecule has 2 aromatic heterocycles. The van der Waals surface area contributed by atoms with Crippen LogP contribution in [-0.4, -0.2) is 14.8 Å². The molecule has 2 aromatic rings. The van der Waals surface area contributed by atoms with Gasteiger partial charge in [-0.15, -0.1) is 11.3 Å². The highest BCUT2D eigenvalue weighted by molar-refractivity contribution is 7.16. The lowest BCUT2D eigenvalue weighted by Gasteiger charge is -1.92. The zero-order valence-electron chi connectivity index (χ0n) is 9.18. The van der Waals surface area contributed by atoms with Crippen molar-refractivity contribution in [2.24, 2.45) is 0 Å². The summed E-state index contributed by atoms with van der Waals surface area (Å²) in [5.41, 5.74) is 7.95. The van der Waals surface area contributed by atoms with E-state index >= 15 is 0 Å². The monoisotopic (exact) mass is 234 g/mol. The maximum atomic E-state index is 6.01. The van der Waals surface area contributed by atoms with Gasteiger partial charge in [0.1, 0.15) is 10.7 Å². The zero-order valence-corrected chi connectivity index (χ0v) is 10.00. The number of nitrogens with zero attached hydrogens (tertiary/aromatic N) is 3. The predicted molar refractivity (Wildman–Crippen MR) is 65.4 cm³/mol. The Morgan fingerprint density at radius 1 is 1.56 bits per heavy atom. The maximum absolute atomic E-state index is 6.01. The van der Waals surface area contributed by atoms with Crippen LogP contribution in [0.15, 0.2) is 12.4 Å². The Hall–Kier alpha value is -1.36. The molecule has 16 heavy (non-hydrogen) atoms. The van der Waals surface area contributed by atoms with Gasteiger partial charge in [0.15, 0.2) is 0 Å². The Bertz CT molecular complexity index is 510. The second-order valence-corrected chi connectivity index (χ2v) is 5.19. The van der Waals surface area contributed by atoms with E-state index in [4.69, 9.17) is 5.73 Å². The zero-order chi connectivity index (χ0) is 11.1. The number of hydrogen-bond acceptors (Lipinski definition) is 4. The largest absolute Gasteiger partial charge is 0.389 e. The Morgan fingerprint density at radius 3 is 3.00 bits per heavy atom. The van der Waals surface area contributed by atoms with E-state index in [0.717, 1.165) is 22.8 Å². The molecule has 0 amide bonds. The van der Waals surface area contributed by atoms with E-state index < -0.39 is 0 Å². The minimum Gasteiger partial charge on any atom is -0.389 e. The van der Waals surface area contributed by atoms with Crippen molar-refractivity contribution < 1.29 is 0 Å². The van der Waals surface area contributed by atoms with Crippen LogP contribution >= 0.6 is 11.3 Å². The van der Waals surface area contributed by atoms with E-state index in [0.29, 0.717) is 5.92 Å². The van der Waals surface area contributed by atoms with Gasteiger partial charge in [-0.05, 0) is 19.8 Å². The van der Waals surface area contributed by atoms with E-state index in [1.165, 1.54) is 17.8 Å². The fourth-order valence-corrected chi connectivity index (χ4v) is 2.74. The highest BCUT2D eigenvalue weighted by atomic mass is 32.1. The molecule has 0 saturated heterocycles. The van der Waals surface area contributed by atoms with Gasteiger partial charge >= 0.3 is 0 Å². The topological polar surface area (TPSA) is 56.7 Å². The second-order valence-electron chi connectivity index (χ2n) is 4.12. The Kier molecular flexibility index (Phi) is 2.21. The summed E-state index contributed by atoms with van der Waals surface area (Å²) in [6, 6.07) is 0. The Balaban J connectivity index is 1.98. The van der Waals surface area contributed by atoms with Crippen LogP contribution in [0.2, 0.25) is 0 Å². The SMILES string of the molecule is CCn1cc(-c2nc(C3CC3)sc2N)cn1. The molecule has 0 unspecified atom stereocenters. The van der Waals surface area contributed by atoms with Crippen molar-refractivity contribution >= 4 is 16.3 Å². The molecule has 0 spiro atoms. The number of aryl methyl sites for hydroxylation is 1. The molecule has 0 aliphatic heterocycles. The van der Waals surface area contributed by atoms with Crippen molar-refractivity contribution in [3.05, 3.63) is 17.4 Å². The third-order valence-corrected chi connectivity index (χ3v) is 3.87. The van der Waals surface area contributed by atoms with Crippen molar-refractivity contribution in [3.8, 4) is 11.3 Å². The first-order valence-corrected chi connectivity index (χ1v) is 6.38. The fourth-order valence-electron chi connectivity index (χ4n) is 1.72. The van der Waals surface area contributed by atoms with E-state index in [-0.39, 0.29) is 0 Å². The number of rotatable bonds is 3. The van der Waals surface area contributed by atoms with Crippen molar-refractivity contribution in [1.82, 2.24) is 14.8 Å². The van der Waals surface area contributed by atoms with Crippen LogP contribution in [-0.2, 0) is 6.54 Å². The maximum Gasteiger partial charge on any atom is 0.114 e. The highest BCUT2D eigenvalue weighted by Gasteiger charge is 2.28. The molecule has 84 valence electrons. The predicted octanol–water partition coefficient (Wildman–Crippen LogP) is 2.49. The minimum absolute atomic E-state index is 0.669. The van der Waals surface area contributed by atoms with Crippen molar-refractivity contribution in [3.63, 3.8) is 0 Å².